The number of halogens is 2. The number of nitrogens with zero attached hydrogens (tertiary/aromatic N) is 2. The highest BCUT2D eigenvalue weighted by Crippen LogP contribution is 2.28. The second kappa shape index (κ2) is 6.17. The quantitative estimate of drug-likeness (QED) is 0.557. The van der Waals surface area contributed by atoms with E-state index in [0.29, 0.717) is 22.5 Å². The lowest BCUT2D eigenvalue weighted by Gasteiger charge is -2.19. The van der Waals surface area contributed by atoms with Gasteiger partial charge in [-0.15, -0.1) is 0 Å². The van der Waals surface area contributed by atoms with E-state index in [1.807, 2.05) is 39.0 Å². The Kier molecular flexibility index (Phi) is 4.70. The molecule has 1 heterocycles. The van der Waals surface area contributed by atoms with Crippen molar-refractivity contribution >= 4 is 44.9 Å². The van der Waals surface area contributed by atoms with E-state index in [0.717, 1.165) is 10.2 Å². The van der Waals surface area contributed by atoms with Gasteiger partial charge in [0.1, 0.15) is 17.5 Å². The number of hydrogen-bond donors (Lipinski definition) is 3. The van der Waals surface area contributed by atoms with Gasteiger partial charge in [-0.3, -0.25) is 0 Å². The van der Waals surface area contributed by atoms with Gasteiger partial charge in [0, 0.05) is 21.6 Å². The number of hydrogen-bond acceptors (Lipinski definition) is 5. The van der Waals surface area contributed by atoms with Crippen LogP contribution in [0.25, 0.3) is 0 Å². The Hall–Kier alpha value is -1.37. The first-order chi connectivity index (χ1) is 9.79. The Morgan fingerprint density at radius 3 is 2.38 bits per heavy atom. The van der Waals surface area contributed by atoms with E-state index in [2.05, 4.69) is 36.6 Å². The molecule has 0 saturated carbocycles. The molecule has 0 radical (unpaired) electrons. The van der Waals surface area contributed by atoms with Crippen molar-refractivity contribution in [3.63, 3.8) is 0 Å². The molecule has 0 aliphatic rings. The summed E-state index contributed by atoms with van der Waals surface area (Å²) in [5.41, 5.74) is 3.26. The molecule has 0 aliphatic carbocycles. The summed E-state index contributed by atoms with van der Waals surface area (Å²) in [5, 5.41) is 3.88. The van der Waals surface area contributed by atoms with Gasteiger partial charge in [0.2, 0.25) is 0 Å². The van der Waals surface area contributed by atoms with Gasteiger partial charge in [-0.1, -0.05) is 32.4 Å². The summed E-state index contributed by atoms with van der Waals surface area (Å²) in [6, 6.07) is 7.32. The fourth-order valence-electron chi connectivity index (χ4n) is 1.64. The second-order valence-corrected chi connectivity index (χ2v) is 6.87. The molecule has 0 unspecified atom stereocenters. The number of nitrogens with one attached hydrogen (secondary N) is 2. The molecular formula is C14H17BrClN5. The van der Waals surface area contributed by atoms with Crippen molar-refractivity contribution in [2.24, 2.45) is 5.84 Å². The second-order valence-electron chi connectivity index (χ2n) is 5.61. The first-order valence-electron chi connectivity index (χ1n) is 6.38. The summed E-state index contributed by atoms with van der Waals surface area (Å²) in [7, 11) is 0. The van der Waals surface area contributed by atoms with Crippen LogP contribution in [0.15, 0.2) is 28.7 Å². The SMILES string of the molecule is CC(C)(C)c1nc(NN)cc(Nc2ccc(Cl)c(Br)c2)n1. The summed E-state index contributed by atoms with van der Waals surface area (Å²) in [6.45, 7) is 6.14. The molecule has 7 heteroatoms. The third-order valence-electron chi connectivity index (χ3n) is 2.74. The first kappa shape index (κ1) is 16.0. The zero-order valence-corrected chi connectivity index (χ0v) is 14.4. The van der Waals surface area contributed by atoms with Gasteiger partial charge in [-0.2, -0.15) is 0 Å². The topological polar surface area (TPSA) is 75.9 Å². The van der Waals surface area contributed by atoms with E-state index >= 15 is 0 Å². The fourth-order valence-corrected chi connectivity index (χ4v) is 2.14. The molecule has 0 amide bonds. The predicted molar refractivity (Wildman–Crippen MR) is 91.0 cm³/mol. The van der Waals surface area contributed by atoms with Crippen LogP contribution in [-0.4, -0.2) is 9.97 Å². The Morgan fingerprint density at radius 1 is 1.14 bits per heavy atom. The number of anilines is 3. The van der Waals surface area contributed by atoms with Gasteiger partial charge in [0.15, 0.2) is 0 Å². The maximum absolute atomic E-state index is 5.99. The number of nitrogen functional groups attached to an aromatic ring is 1. The Balaban J connectivity index is 2.36. The molecule has 2 aromatic rings. The minimum atomic E-state index is -0.177. The van der Waals surface area contributed by atoms with E-state index < -0.39 is 0 Å². The molecule has 112 valence electrons. The average molecular weight is 371 g/mol. The van der Waals surface area contributed by atoms with E-state index in [1.54, 1.807) is 6.07 Å². The van der Waals surface area contributed by atoms with E-state index in [4.69, 9.17) is 17.4 Å². The highest BCUT2D eigenvalue weighted by molar-refractivity contribution is 9.10. The Labute approximate surface area is 137 Å². The third-order valence-corrected chi connectivity index (χ3v) is 3.95. The summed E-state index contributed by atoms with van der Waals surface area (Å²) in [6.07, 6.45) is 0. The fraction of sp³-hybridized carbons (Fsp3) is 0.286. The van der Waals surface area contributed by atoms with Gasteiger partial charge >= 0.3 is 0 Å². The first-order valence-corrected chi connectivity index (χ1v) is 7.55. The molecule has 0 spiro atoms. The maximum Gasteiger partial charge on any atom is 0.145 e. The zero-order chi connectivity index (χ0) is 15.6. The molecule has 5 nitrogen and oxygen atoms in total. The Morgan fingerprint density at radius 2 is 1.81 bits per heavy atom. The minimum absolute atomic E-state index is 0.177. The van der Waals surface area contributed by atoms with Crippen molar-refractivity contribution in [1.82, 2.24) is 9.97 Å². The summed E-state index contributed by atoms with van der Waals surface area (Å²) in [5.74, 6) is 7.40. The van der Waals surface area contributed by atoms with Crippen LogP contribution in [0.3, 0.4) is 0 Å². The number of benzene rings is 1. The van der Waals surface area contributed by atoms with Crippen molar-refractivity contribution in [3.05, 3.63) is 39.6 Å². The summed E-state index contributed by atoms with van der Waals surface area (Å²) in [4.78, 5) is 8.91. The van der Waals surface area contributed by atoms with Crippen molar-refractivity contribution < 1.29 is 0 Å². The lowest BCUT2D eigenvalue weighted by molar-refractivity contribution is 0.547. The molecule has 4 N–H and O–H groups in total. The molecule has 1 aromatic carbocycles. The average Bonchev–Trinajstić information content (AvgIpc) is 2.41. The summed E-state index contributed by atoms with van der Waals surface area (Å²) < 4.78 is 0.816. The van der Waals surface area contributed by atoms with Gasteiger partial charge in [0.05, 0.1) is 5.02 Å². The van der Waals surface area contributed by atoms with Crippen molar-refractivity contribution in [2.75, 3.05) is 10.7 Å². The third kappa shape index (κ3) is 4.06. The van der Waals surface area contributed by atoms with Crippen LogP contribution in [-0.2, 0) is 5.41 Å². The molecule has 21 heavy (non-hydrogen) atoms. The lowest BCUT2D eigenvalue weighted by atomic mass is 9.96. The summed E-state index contributed by atoms with van der Waals surface area (Å²) >= 11 is 9.39. The van der Waals surface area contributed by atoms with E-state index in [1.165, 1.54) is 0 Å². The van der Waals surface area contributed by atoms with E-state index in [9.17, 15) is 0 Å². The smallest absolute Gasteiger partial charge is 0.145 e. The van der Waals surface area contributed by atoms with Crippen LogP contribution < -0.4 is 16.6 Å². The van der Waals surface area contributed by atoms with Crippen LogP contribution in [0, 0.1) is 0 Å². The predicted octanol–water partition coefficient (Wildman–Crippen LogP) is 4.22. The number of nitrogens with two attached hydrogens (primary N) is 1. The Bertz CT molecular complexity index is 654. The van der Waals surface area contributed by atoms with Gasteiger partial charge in [0.25, 0.3) is 0 Å². The van der Waals surface area contributed by atoms with Crippen LogP contribution in [0.4, 0.5) is 17.3 Å². The zero-order valence-electron chi connectivity index (χ0n) is 12.0. The van der Waals surface area contributed by atoms with Crippen molar-refractivity contribution in [3.8, 4) is 0 Å². The van der Waals surface area contributed by atoms with E-state index in [-0.39, 0.29) is 5.41 Å². The van der Waals surface area contributed by atoms with Crippen LogP contribution in [0.1, 0.15) is 26.6 Å². The number of aromatic nitrogens is 2. The molecule has 0 fully saturated rings. The highest BCUT2D eigenvalue weighted by Gasteiger charge is 2.19. The molecule has 0 aliphatic heterocycles. The van der Waals surface area contributed by atoms with Crippen LogP contribution in [0.2, 0.25) is 5.02 Å². The number of rotatable bonds is 3. The monoisotopic (exact) mass is 369 g/mol. The minimum Gasteiger partial charge on any atom is -0.340 e. The molecule has 0 bridgehead atoms. The number of hydrazine groups is 1. The standard InChI is InChI=1S/C14H17BrClN5/c1-14(2,3)13-19-11(7-12(20-13)21-17)18-8-4-5-10(16)9(15)6-8/h4-7H,17H2,1-3H3,(H2,18,19,20,21). The van der Waals surface area contributed by atoms with Gasteiger partial charge in [-0.05, 0) is 34.1 Å². The molecule has 0 saturated heterocycles. The van der Waals surface area contributed by atoms with Crippen molar-refractivity contribution in [2.45, 2.75) is 26.2 Å². The van der Waals surface area contributed by atoms with Crippen LogP contribution >= 0.6 is 27.5 Å². The largest absolute Gasteiger partial charge is 0.340 e. The molecule has 1 aromatic heterocycles. The molecule has 0 atom stereocenters. The molecular weight excluding hydrogens is 354 g/mol. The van der Waals surface area contributed by atoms with Crippen LogP contribution in [0.5, 0.6) is 0 Å². The molecule has 2 rings (SSSR count). The van der Waals surface area contributed by atoms with Gasteiger partial charge in [-0.25, -0.2) is 15.8 Å². The maximum atomic E-state index is 5.99. The van der Waals surface area contributed by atoms with Crippen molar-refractivity contribution in [1.29, 1.82) is 0 Å². The van der Waals surface area contributed by atoms with Gasteiger partial charge < -0.3 is 10.7 Å². The highest BCUT2D eigenvalue weighted by atomic mass is 79.9. The normalized spacial score (nSPS) is 11.3. The lowest BCUT2D eigenvalue weighted by Crippen LogP contribution is -2.19.